The minimum Gasteiger partial charge on any atom is -0.388 e. The van der Waals surface area contributed by atoms with Crippen molar-refractivity contribution in [1.29, 1.82) is 0 Å². The smallest absolute Gasteiger partial charge is 0.150 e. The second-order valence-electron chi connectivity index (χ2n) is 4.90. The summed E-state index contributed by atoms with van der Waals surface area (Å²) in [7, 11) is 2.08. The van der Waals surface area contributed by atoms with Crippen molar-refractivity contribution in [3.8, 4) is 0 Å². The number of carbonyl (C=O) groups excluding carboxylic acids is 1. The maximum absolute atomic E-state index is 10.7. The first-order valence-electron chi connectivity index (χ1n) is 6.12. The molecule has 1 aromatic carbocycles. The van der Waals surface area contributed by atoms with Gasteiger partial charge in [-0.1, -0.05) is 18.2 Å². The summed E-state index contributed by atoms with van der Waals surface area (Å²) in [6, 6.07) is 7.27. The van der Waals surface area contributed by atoms with Gasteiger partial charge in [-0.25, -0.2) is 0 Å². The van der Waals surface area contributed by atoms with Gasteiger partial charge in [-0.05, 0) is 38.1 Å². The lowest BCUT2D eigenvalue weighted by molar-refractivity contribution is 0.0591. The number of likely N-dealkylation sites (tertiary alicyclic amines) is 1. The molecule has 17 heavy (non-hydrogen) atoms. The van der Waals surface area contributed by atoms with Crippen LogP contribution in [0, 0.1) is 5.92 Å². The van der Waals surface area contributed by atoms with Gasteiger partial charge < -0.3 is 10.0 Å². The molecule has 1 aliphatic heterocycles. The quantitative estimate of drug-likeness (QED) is 0.810. The molecular formula is C14H19NO2. The van der Waals surface area contributed by atoms with Crippen molar-refractivity contribution in [3.63, 3.8) is 0 Å². The lowest BCUT2D eigenvalue weighted by atomic mass is 9.88. The number of aldehydes is 1. The summed E-state index contributed by atoms with van der Waals surface area (Å²) in [5.74, 6) is 0.274. The second-order valence-corrected chi connectivity index (χ2v) is 4.90. The van der Waals surface area contributed by atoms with Gasteiger partial charge in [0.25, 0.3) is 0 Å². The largest absolute Gasteiger partial charge is 0.388 e. The molecule has 0 saturated carbocycles. The van der Waals surface area contributed by atoms with E-state index in [1.54, 1.807) is 12.1 Å². The molecule has 3 heteroatoms. The molecule has 0 aliphatic carbocycles. The Morgan fingerprint density at radius 3 is 3.06 bits per heavy atom. The first kappa shape index (κ1) is 12.3. The third-order valence-corrected chi connectivity index (χ3v) is 3.50. The third-order valence-electron chi connectivity index (χ3n) is 3.50. The molecule has 2 unspecified atom stereocenters. The van der Waals surface area contributed by atoms with Crippen LogP contribution in [0.3, 0.4) is 0 Å². The molecule has 1 fully saturated rings. The lowest BCUT2D eigenvalue weighted by Gasteiger charge is -2.32. The maximum atomic E-state index is 10.7. The Bertz CT molecular complexity index is 392. The van der Waals surface area contributed by atoms with Crippen LogP contribution >= 0.6 is 0 Å². The predicted octanol–water partition coefficient (Wildman–Crippen LogP) is 1.87. The number of hydrogen-bond acceptors (Lipinski definition) is 3. The van der Waals surface area contributed by atoms with Crippen molar-refractivity contribution in [3.05, 3.63) is 35.4 Å². The molecule has 3 nitrogen and oxygen atoms in total. The first-order valence-corrected chi connectivity index (χ1v) is 6.12. The molecule has 2 atom stereocenters. The van der Waals surface area contributed by atoms with Gasteiger partial charge in [0.1, 0.15) is 6.29 Å². The molecule has 0 aromatic heterocycles. The fourth-order valence-electron chi connectivity index (χ4n) is 2.55. The number of rotatable bonds is 3. The van der Waals surface area contributed by atoms with Crippen LogP contribution in [0.1, 0.15) is 34.9 Å². The highest BCUT2D eigenvalue weighted by molar-refractivity contribution is 5.74. The number of hydrogen-bond donors (Lipinski definition) is 1. The molecule has 0 spiro atoms. The Labute approximate surface area is 102 Å². The van der Waals surface area contributed by atoms with Gasteiger partial charge in [0.05, 0.1) is 6.10 Å². The number of aliphatic hydroxyl groups excluding tert-OH is 1. The fourth-order valence-corrected chi connectivity index (χ4v) is 2.55. The Morgan fingerprint density at radius 1 is 1.53 bits per heavy atom. The van der Waals surface area contributed by atoms with Crippen molar-refractivity contribution in [2.24, 2.45) is 5.92 Å². The molecule has 1 aliphatic rings. The average molecular weight is 233 g/mol. The van der Waals surface area contributed by atoms with Gasteiger partial charge in [-0.2, -0.15) is 0 Å². The number of piperidine rings is 1. The summed E-state index contributed by atoms with van der Waals surface area (Å²) in [6.45, 7) is 2.03. The Kier molecular flexibility index (Phi) is 3.92. The van der Waals surface area contributed by atoms with E-state index in [1.807, 2.05) is 12.1 Å². The van der Waals surface area contributed by atoms with E-state index >= 15 is 0 Å². The van der Waals surface area contributed by atoms with E-state index in [4.69, 9.17) is 0 Å². The Morgan fingerprint density at radius 2 is 2.35 bits per heavy atom. The Hall–Kier alpha value is -1.19. The van der Waals surface area contributed by atoms with Crippen molar-refractivity contribution in [2.45, 2.75) is 18.9 Å². The van der Waals surface area contributed by atoms with E-state index in [2.05, 4.69) is 11.9 Å². The second kappa shape index (κ2) is 5.43. The summed E-state index contributed by atoms with van der Waals surface area (Å²) in [6.07, 6.45) is 2.55. The minimum atomic E-state index is -0.461. The Balaban J connectivity index is 2.12. The van der Waals surface area contributed by atoms with Crippen LogP contribution in [-0.2, 0) is 0 Å². The number of carbonyl (C=O) groups is 1. The van der Waals surface area contributed by atoms with Crippen molar-refractivity contribution in [2.75, 3.05) is 20.1 Å². The standard InChI is InChI=1S/C14H19NO2/c1-15-7-3-6-13(9-15)14(17)12-5-2-4-11(8-12)10-16/h2,4-5,8,10,13-14,17H,3,6-7,9H2,1H3. The van der Waals surface area contributed by atoms with Crippen LogP contribution in [0.4, 0.5) is 0 Å². The summed E-state index contributed by atoms with van der Waals surface area (Å²) in [5.41, 5.74) is 1.49. The predicted molar refractivity (Wildman–Crippen MR) is 67.0 cm³/mol. The summed E-state index contributed by atoms with van der Waals surface area (Å²) in [4.78, 5) is 13.0. The third kappa shape index (κ3) is 2.93. The molecule has 92 valence electrons. The van der Waals surface area contributed by atoms with E-state index in [9.17, 15) is 9.90 Å². The van der Waals surface area contributed by atoms with Gasteiger partial charge in [-0.3, -0.25) is 4.79 Å². The molecule has 1 aromatic rings. The van der Waals surface area contributed by atoms with E-state index in [0.29, 0.717) is 5.56 Å². The SMILES string of the molecule is CN1CCCC(C(O)c2cccc(C=O)c2)C1. The van der Waals surface area contributed by atoms with E-state index in [1.165, 1.54) is 0 Å². The highest BCUT2D eigenvalue weighted by atomic mass is 16.3. The van der Waals surface area contributed by atoms with Crippen LogP contribution in [0.25, 0.3) is 0 Å². The van der Waals surface area contributed by atoms with Crippen molar-refractivity contribution < 1.29 is 9.90 Å². The van der Waals surface area contributed by atoms with Crippen LogP contribution in [0.5, 0.6) is 0 Å². The first-order chi connectivity index (χ1) is 8.20. The number of aliphatic hydroxyl groups is 1. The van der Waals surface area contributed by atoms with Gasteiger partial charge in [0.2, 0.25) is 0 Å². The normalized spacial score (nSPS) is 23.3. The van der Waals surface area contributed by atoms with E-state index < -0.39 is 6.10 Å². The molecule has 0 radical (unpaired) electrons. The summed E-state index contributed by atoms with van der Waals surface area (Å²) < 4.78 is 0. The van der Waals surface area contributed by atoms with E-state index in [0.717, 1.165) is 37.8 Å². The number of nitrogens with zero attached hydrogens (tertiary/aromatic N) is 1. The van der Waals surface area contributed by atoms with Crippen LogP contribution in [0.2, 0.25) is 0 Å². The zero-order valence-corrected chi connectivity index (χ0v) is 10.2. The topological polar surface area (TPSA) is 40.5 Å². The fraction of sp³-hybridized carbons (Fsp3) is 0.500. The molecule has 0 amide bonds. The molecule has 1 heterocycles. The van der Waals surface area contributed by atoms with Crippen LogP contribution in [0.15, 0.2) is 24.3 Å². The molecular weight excluding hydrogens is 214 g/mol. The highest BCUT2D eigenvalue weighted by Crippen LogP contribution is 2.29. The van der Waals surface area contributed by atoms with Gasteiger partial charge in [0.15, 0.2) is 0 Å². The van der Waals surface area contributed by atoms with Gasteiger partial charge in [-0.15, -0.1) is 0 Å². The average Bonchev–Trinajstić information content (AvgIpc) is 2.38. The van der Waals surface area contributed by atoms with Gasteiger partial charge in [0, 0.05) is 18.0 Å². The molecule has 1 saturated heterocycles. The van der Waals surface area contributed by atoms with Crippen LogP contribution in [-0.4, -0.2) is 36.4 Å². The molecule has 2 rings (SSSR count). The summed E-state index contributed by atoms with van der Waals surface area (Å²) >= 11 is 0. The van der Waals surface area contributed by atoms with Crippen molar-refractivity contribution in [1.82, 2.24) is 4.90 Å². The minimum absolute atomic E-state index is 0.274. The molecule has 1 N–H and O–H groups in total. The van der Waals surface area contributed by atoms with Gasteiger partial charge >= 0.3 is 0 Å². The van der Waals surface area contributed by atoms with Crippen LogP contribution < -0.4 is 0 Å². The van der Waals surface area contributed by atoms with Crippen molar-refractivity contribution >= 4 is 6.29 Å². The maximum Gasteiger partial charge on any atom is 0.150 e. The highest BCUT2D eigenvalue weighted by Gasteiger charge is 2.25. The zero-order chi connectivity index (χ0) is 12.3. The number of benzene rings is 1. The van der Waals surface area contributed by atoms with E-state index in [-0.39, 0.29) is 5.92 Å². The lowest BCUT2D eigenvalue weighted by Crippen LogP contribution is -2.35. The summed E-state index contributed by atoms with van der Waals surface area (Å²) in [5, 5.41) is 10.3. The monoisotopic (exact) mass is 233 g/mol. The molecule has 0 bridgehead atoms. The zero-order valence-electron chi connectivity index (χ0n) is 10.2.